The van der Waals surface area contributed by atoms with Crippen LogP contribution in [0.3, 0.4) is 0 Å². The van der Waals surface area contributed by atoms with Crippen LogP contribution in [0, 0.1) is 5.92 Å². The Morgan fingerprint density at radius 2 is 1.87 bits per heavy atom. The summed E-state index contributed by atoms with van der Waals surface area (Å²) in [4.78, 5) is 14.2. The number of piperidine rings is 1. The van der Waals surface area contributed by atoms with Gasteiger partial charge < -0.3 is 20.9 Å². The summed E-state index contributed by atoms with van der Waals surface area (Å²) in [5.41, 5.74) is -0.953. The lowest BCUT2D eigenvalue weighted by atomic mass is 9.88. The van der Waals surface area contributed by atoms with Crippen molar-refractivity contribution in [2.75, 3.05) is 45.1 Å². The standard InChI is InChI=1S/C21H34F3N7/c1-25-19(27-11-12-28-20-26-10-7-18(30-20)21(22,23)24)29-17-8-13-31(14-9-17)15-16-5-3-2-4-6-16/h7,10,16-17H,2-6,8-9,11-15H2,1H3,(H2,25,27,29)(H,26,28,30). The highest BCUT2D eigenvalue weighted by atomic mass is 19.4. The summed E-state index contributed by atoms with van der Waals surface area (Å²) in [6.07, 6.45) is 5.74. The van der Waals surface area contributed by atoms with E-state index in [1.165, 1.54) is 38.6 Å². The van der Waals surface area contributed by atoms with Gasteiger partial charge in [-0.1, -0.05) is 19.3 Å². The second-order valence-electron chi connectivity index (χ2n) is 8.41. The maximum absolute atomic E-state index is 12.7. The molecule has 2 heterocycles. The summed E-state index contributed by atoms with van der Waals surface area (Å²) in [6.45, 7) is 4.32. The normalized spacial score (nSPS) is 19.9. The molecule has 1 saturated heterocycles. The van der Waals surface area contributed by atoms with Crippen molar-refractivity contribution in [3.05, 3.63) is 18.0 Å². The SMILES string of the molecule is CN=C(NCCNc1nccc(C(F)(F)F)n1)NC1CCN(CC2CCCCC2)CC1. The van der Waals surface area contributed by atoms with Crippen LogP contribution in [0.1, 0.15) is 50.6 Å². The van der Waals surface area contributed by atoms with Crippen molar-refractivity contribution in [1.82, 2.24) is 25.5 Å². The maximum Gasteiger partial charge on any atom is 0.433 e. The third-order valence-electron chi connectivity index (χ3n) is 6.04. The average molecular weight is 442 g/mol. The van der Waals surface area contributed by atoms with Gasteiger partial charge in [-0.2, -0.15) is 13.2 Å². The number of nitrogens with zero attached hydrogens (tertiary/aromatic N) is 4. The number of halogens is 3. The fourth-order valence-corrected chi connectivity index (χ4v) is 4.34. The van der Waals surface area contributed by atoms with E-state index in [2.05, 4.69) is 35.8 Å². The first kappa shape index (κ1) is 23.6. The molecule has 1 saturated carbocycles. The van der Waals surface area contributed by atoms with Gasteiger partial charge in [0.05, 0.1) is 0 Å². The van der Waals surface area contributed by atoms with E-state index in [4.69, 9.17) is 0 Å². The number of aromatic nitrogens is 2. The lowest BCUT2D eigenvalue weighted by Crippen LogP contribution is -2.49. The summed E-state index contributed by atoms with van der Waals surface area (Å²) in [5, 5.41) is 9.47. The first-order valence-electron chi connectivity index (χ1n) is 11.3. The van der Waals surface area contributed by atoms with Crippen LogP contribution >= 0.6 is 0 Å². The Bertz CT molecular complexity index is 696. The van der Waals surface area contributed by atoms with Gasteiger partial charge in [0.2, 0.25) is 5.95 Å². The molecular formula is C21H34F3N7. The van der Waals surface area contributed by atoms with E-state index < -0.39 is 11.9 Å². The van der Waals surface area contributed by atoms with Crippen LogP contribution in [-0.2, 0) is 6.18 Å². The molecule has 0 atom stereocenters. The van der Waals surface area contributed by atoms with E-state index in [9.17, 15) is 13.2 Å². The maximum atomic E-state index is 12.7. The number of hydrogen-bond donors (Lipinski definition) is 3. The molecule has 1 aromatic heterocycles. The fraction of sp³-hybridized carbons (Fsp3) is 0.762. The molecule has 174 valence electrons. The van der Waals surface area contributed by atoms with Crippen LogP contribution in [0.5, 0.6) is 0 Å². The monoisotopic (exact) mass is 441 g/mol. The van der Waals surface area contributed by atoms with Crippen molar-refractivity contribution in [2.24, 2.45) is 10.9 Å². The van der Waals surface area contributed by atoms with Crippen molar-refractivity contribution < 1.29 is 13.2 Å². The quantitative estimate of drug-likeness (QED) is 0.343. The summed E-state index contributed by atoms with van der Waals surface area (Å²) in [5.74, 6) is 1.54. The molecule has 0 aromatic carbocycles. The topological polar surface area (TPSA) is 77.5 Å². The molecule has 0 amide bonds. The number of alkyl halides is 3. The summed E-state index contributed by atoms with van der Waals surface area (Å²) in [6, 6.07) is 1.24. The highest BCUT2D eigenvalue weighted by molar-refractivity contribution is 5.80. The average Bonchev–Trinajstić information content (AvgIpc) is 2.77. The minimum Gasteiger partial charge on any atom is -0.355 e. The molecule has 1 aliphatic heterocycles. The van der Waals surface area contributed by atoms with E-state index in [-0.39, 0.29) is 5.95 Å². The Hall–Kier alpha value is -2.10. The van der Waals surface area contributed by atoms with Gasteiger partial charge in [0.1, 0.15) is 5.69 Å². The number of nitrogens with one attached hydrogen (secondary N) is 3. The molecule has 1 aliphatic carbocycles. The highest BCUT2D eigenvalue weighted by Crippen LogP contribution is 2.27. The van der Waals surface area contributed by atoms with Gasteiger partial charge in [-0.05, 0) is 37.7 Å². The molecule has 0 radical (unpaired) electrons. The summed E-state index contributed by atoms with van der Waals surface area (Å²) < 4.78 is 38.1. The zero-order chi connectivity index (χ0) is 22.1. The van der Waals surface area contributed by atoms with E-state index >= 15 is 0 Å². The molecular weight excluding hydrogens is 407 g/mol. The second-order valence-corrected chi connectivity index (χ2v) is 8.41. The van der Waals surface area contributed by atoms with E-state index in [0.29, 0.717) is 25.1 Å². The molecule has 10 heteroatoms. The van der Waals surface area contributed by atoms with E-state index in [0.717, 1.165) is 44.1 Å². The zero-order valence-corrected chi connectivity index (χ0v) is 18.2. The zero-order valence-electron chi connectivity index (χ0n) is 18.2. The molecule has 0 spiro atoms. The predicted octanol–water partition coefficient (Wildman–Crippen LogP) is 3.12. The first-order chi connectivity index (χ1) is 14.9. The number of guanidine groups is 1. The Kier molecular flexibility index (Phi) is 8.74. The van der Waals surface area contributed by atoms with Crippen LogP contribution in [0.2, 0.25) is 0 Å². The van der Waals surface area contributed by atoms with Gasteiger partial charge in [-0.15, -0.1) is 0 Å². The van der Waals surface area contributed by atoms with Crippen LogP contribution < -0.4 is 16.0 Å². The highest BCUT2D eigenvalue weighted by Gasteiger charge is 2.32. The third-order valence-corrected chi connectivity index (χ3v) is 6.04. The van der Waals surface area contributed by atoms with E-state index in [1.54, 1.807) is 7.05 Å². The third kappa shape index (κ3) is 7.83. The van der Waals surface area contributed by atoms with Gasteiger partial charge in [0.15, 0.2) is 5.96 Å². The largest absolute Gasteiger partial charge is 0.433 e. The Morgan fingerprint density at radius 3 is 2.55 bits per heavy atom. The van der Waals surface area contributed by atoms with Gasteiger partial charge in [-0.3, -0.25) is 4.99 Å². The van der Waals surface area contributed by atoms with Crippen molar-refractivity contribution in [3.8, 4) is 0 Å². The van der Waals surface area contributed by atoms with Crippen molar-refractivity contribution in [1.29, 1.82) is 0 Å². The minimum absolute atomic E-state index is 0.0371. The molecule has 0 bridgehead atoms. The van der Waals surface area contributed by atoms with Crippen molar-refractivity contribution >= 4 is 11.9 Å². The van der Waals surface area contributed by atoms with Crippen LogP contribution in [-0.4, -0.2) is 66.6 Å². The molecule has 1 aromatic rings. The summed E-state index contributed by atoms with van der Waals surface area (Å²) >= 11 is 0. The predicted molar refractivity (Wildman–Crippen MR) is 116 cm³/mol. The number of hydrogen-bond acceptors (Lipinski definition) is 5. The summed E-state index contributed by atoms with van der Waals surface area (Å²) in [7, 11) is 1.72. The number of aliphatic imine (C=N–C) groups is 1. The molecule has 0 unspecified atom stereocenters. The number of rotatable bonds is 7. The fourth-order valence-electron chi connectivity index (χ4n) is 4.34. The first-order valence-corrected chi connectivity index (χ1v) is 11.3. The Morgan fingerprint density at radius 1 is 1.13 bits per heavy atom. The smallest absolute Gasteiger partial charge is 0.355 e. The van der Waals surface area contributed by atoms with Crippen LogP contribution in [0.4, 0.5) is 19.1 Å². The molecule has 2 aliphatic rings. The molecule has 31 heavy (non-hydrogen) atoms. The number of anilines is 1. The van der Waals surface area contributed by atoms with Gasteiger partial charge >= 0.3 is 6.18 Å². The van der Waals surface area contributed by atoms with Gasteiger partial charge in [-0.25, -0.2) is 9.97 Å². The second kappa shape index (κ2) is 11.5. The minimum atomic E-state index is -4.48. The molecule has 3 rings (SSSR count). The van der Waals surface area contributed by atoms with Crippen molar-refractivity contribution in [3.63, 3.8) is 0 Å². The van der Waals surface area contributed by atoms with E-state index in [1.807, 2.05) is 0 Å². The van der Waals surface area contributed by atoms with Gasteiger partial charge in [0, 0.05) is 52.0 Å². The van der Waals surface area contributed by atoms with Crippen molar-refractivity contribution in [2.45, 2.75) is 57.2 Å². The number of likely N-dealkylation sites (tertiary alicyclic amines) is 1. The Labute approximate surface area is 182 Å². The lowest BCUT2D eigenvalue weighted by Gasteiger charge is -2.36. The lowest BCUT2D eigenvalue weighted by molar-refractivity contribution is -0.141. The van der Waals surface area contributed by atoms with Gasteiger partial charge in [0.25, 0.3) is 0 Å². The Balaban J connectivity index is 1.33. The molecule has 3 N–H and O–H groups in total. The van der Waals surface area contributed by atoms with Crippen LogP contribution in [0.15, 0.2) is 17.3 Å². The van der Waals surface area contributed by atoms with Crippen LogP contribution in [0.25, 0.3) is 0 Å². The molecule has 7 nitrogen and oxygen atoms in total. The molecule has 2 fully saturated rings.